The third kappa shape index (κ3) is 2.03. The summed E-state index contributed by atoms with van der Waals surface area (Å²) in [4.78, 5) is 8.48. The van der Waals surface area contributed by atoms with Gasteiger partial charge in [0.05, 0.1) is 18.4 Å². The molecule has 3 aromatic rings. The summed E-state index contributed by atoms with van der Waals surface area (Å²) in [6, 6.07) is 9.30. The van der Waals surface area contributed by atoms with Crippen LogP contribution in [0.4, 0.5) is 10.3 Å². The molecule has 1 aromatic carbocycles. The maximum atomic E-state index is 13.4. The van der Waals surface area contributed by atoms with E-state index in [0.29, 0.717) is 22.7 Å². The van der Waals surface area contributed by atoms with Gasteiger partial charge in [-0.3, -0.25) is 4.57 Å². The fourth-order valence-electron chi connectivity index (χ4n) is 2.06. The lowest BCUT2D eigenvalue weighted by atomic mass is 10.2. The highest BCUT2D eigenvalue weighted by Crippen LogP contribution is 2.24. The number of ether oxygens (including phenoxy) is 1. The zero-order chi connectivity index (χ0) is 15.0. The van der Waals surface area contributed by atoms with E-state index < -0.39 is 5.82 Å². The fourth-order valence-corrected chi connectivity index (χ4v) is 2.06. The third-order valence-corrected chi connectivity index (χ3v) is 3.04. The zero-order valence-electron chi connectivity index (χ0n) is 11.0. The number of nitrogen functional groups attached to an aromatic ring is 1. The number of hydrogen-bond acceptors (Lipinski definition) is 5. The lowest BCUT2D eigenvalue weighted by molar-refractivity contribution is 0.399. The Kier molecular flexibility index (Phi) is 2.92. The monoisotopic (exact) mass is 283 g/mol. The minimum Gasteiger partial charge on any atom is -0.481 e. The van der Waals surface area contributed by atoms with Crippen LogP contribution in [0.25, 0.3) is 16.9 Å². The van der Waals surface area contributed by atoms with Crippen molar-refractivity contribution >= 4 is 17.1 Å². The summed E-state index contributed by atoms with van der Waals surface area (Å²) in [6.07, 6.45) is 0. The van der Waals surface area contributed by atoms with Crippen LogP contribution in [0.2, 0.25) is 0 Å². The topological polar surface area (TPSA) is 89.8 Å². The Morgan fingerprint density at radius 3 is 2.81 bits per heavy atom. The maximum Gasteiger partial charge on any atom is 0.215 e. The second kappa shape index (κ2) is 4.76. The van der Waals surface area contributed by atoms with Crippen molar-refractivity contribution in [3.05, 3.63) is 41.7 Å². The van der Waals surface area contributed by atoms with Crippen molar-refractivity contribution in [2.45, 2.75) is 0 Å². The molecular weight excluding hydrogens is 273 g/mol. The van der Waals surface area contributed by atoms with Gasteiger partial charge in [-0.15, -0.1) is 0 Å². The highest BCUT2D eigenvalue weighted by atomic mass is 19.1. The first-order valence-corrected chi connectivity index (χ1v) is 6.03. The van der Waals surface area contributed by atoms with Gasteiger partial charge in [-0.1, -0.05) is 0 Å². The summed E-state index contributed by atoms with van der Waals surface area (Å²) in [5.41, 5.74) is 7.39. The summed E-state index contributed by atoms with van der Waals surface area (Å²) in [5.74, 6) is 0.0160. The van der Waals surface area contributed by atoms with Gasteiger partial charge in [-0.2, -0.15) is 10.2 Å². The van der Waals surface area contributed by atoms with Gasteiger partial charge in [-0.05, 0) is 24.3 Å². The van der Waals surface area contributed by atoms with Crippen LogP contribution in [0.3, 0.4) is 0 Å². The molecule has 0 atom stereocenters. The minimum absolute atomic E-state index is 0.0725. The number of nitriles is 1. The minimum atomic E-state index is -0.588. The predicted octanol–water partition coefficient (Wildman–Crippen LogP) is 2.02. The molecule has 0 saturated carbocycles. The molecule has 21 heavy (non-hydrogen) atoms. The van der Waals surface area contributed by atoms with Crippen LogP contribution in [-0.4, -0.2) is 21.6 Å². The fraction of sp³-hybridized carbons (Fsp3) is 0.0714. The van der Waals surface area contributed by atoms with E-state index in [9.17, 15) is 4.39 Å². The van der Waals surface area contributed by atoms with Crippen molar-refractivity contribution in [3.8, 4) is 17.6 Å². The number of nitrogens with two attached hydrogens (primary N) is 1. The molecule has 7 heteroatoms. The lowest BCUT2D eigenvalue weighted by Crippen LogP contribution is -2.02. The molecule has 0 aliphatic heterocycles. The Morgan fingerprint density at radius 2 is 2.10 bits per heavy atom. The predicted molar refractivity (Wildman–Crippen MR) is 74.5 cm³/mol. The van der Waals surface area contributed by atoms with Gasteiger partial charge in [0.2, 0.25) is 11.8 Å². The Hall–Kier alpha value is -3.14. The molecule has 0 fully saturated rings. The molecule has 0 saturated heterocycles. The number of methoxy groups -OCH3 is 1. The molecule has 0 radical (unpaired) electrons. The quantitative estimate of drug-likeness (QED) is 0.777. The van der Waals surface area contributed by atoms with Gasteiger partial charge in [0.25, 0.3) is 0 Å². The summed E-state index contributed by atoms with van der Waals surface area (Å²) < 4.78 is 20.1. The van der Waals surface area contributed by atoms with Crippen LogP contribution < -0.4 is 10.5 Å². The second-order valence-electron chi connectivity index (χ2n) is 4.28. The molecule has 6 nitrogen and oxygen atoms in total. The van der Waals surface area contributed by atoms with E-state index in [1.807, 2.05) is 0 Å². The second-order valence-corrected chi connectivity index (χ2v) is 4.28. The van der Waals surface area contributed by atoms with Gasteiger partial charge in [0, 0.05) is 6.07 Å². The van der Waals surface area contributed by atoms with Gasteiger partial charge >= 0.3 is 0 Å². The third-order valence-electron chi connectivity index (χ3n) is 3.04. The van der Waals surface area contributed by atoms with Crippen molar-refractivity contribution < 1.29 is 9.13 Å². The highest BCUT2D eigenvalue weighted by Gasteiger charge is 2.14. The van der Waals surface area contributed by atoms with Crippen molar-refractivity contribution in [1.82, 2.24) is 14.5 Å². The van der Waals surface area contributed by atoms with Crippen LogP contribution in [0, 0.1) is 17.1 Å². The molecule has 0 amide bonds. The first kappa shape index (κ1) is 12.9. The van der Waals surface area contributed by atoms with Crippen LogP contribution in [-0.2, 0) is 0 Å². The largest absolute Gasteiger partial charge is 0.481 e. The lowest BCUT2D eigenvalue weighted by Gasteiger charge is -2.07. The molecule has 0 spiro atoms. The Bertz CT molecular complexity index is 881. The number of nitrogens with zero attached hydrogens (tertiary/aromatic N) is 4. The van der Waals surface area contributed by atoms with Gasteiger partial charge in [0.1, 0.15) is 17.4 Å². The number of pyridine rings is 1. The first-order chi connectivity index (χ1) is 10.1. The Balaban J connectivity index is 2.29. The van der Waals surface area contributed by atoms with E-state index in [1.54, 1.807) is 18.2 Å². The summed E-state index contributed by atoms with van der Waals surface area (Å²) >= 11 is 0. The van der Waals surface area contributed by atoms with Crippen LogP contribution in [0.15, 0.2) is 30.3 Å². The Labute approximate surface area is 119 Å². The number of anilines is 1. The molecule has 2 heterocycles. The van der Waals surface area contributed by atoms with E-state index in [-0.39, 0.29) is 11.5 Å². The number of aromatic nitrogens is 3. The zero-order valence-corrected chi connectivity index (χ0v) is 11.0. The van der Waals surface area contributed by atoms with Crippen LogP contribution in [0.1, 0.15) is 5.56 Å². The average molecular weight is 283 g/mol. The van der Waals surface area contributed by atoms with E-state index >= 15 is 0 Å². The standard InChI is InChI=1S/C14H10FN5O/c1-21-12-5-4-11-13(19-12)20(14(17)18-11)9-2-3-10(15)8(6-9)7-16/h2-6H,1H3,(H2,17,18). The molecule has 0 unspecified atom stereocenters. The summed E-state index contributed by atoms with van der Waals surface area (Å²) in [6.45, 7) is 0. The van der Waals surface area contributed by atoms with Crippen molar-refractivity contribution in [3.63, 3.8) is 0 Å². The van der Waals surface area contributed by atoms with Gasteiger partial charge in [0.15, 0.2) is 5.65 Å². The molecule has 2 aromatic heterocycles. The van der Waals surface area contributed by atoms with E-state index in [4.69, 9.17) is 15.7 Å². The molecular formula is C14H10FN5O. The smallest absolute Gasteiger partial charge is 0.215 e. The summed E-state index contributed by atoms with van der Waals surface area (Å²) in [7, 11) is 1.50. The molecule has 3 rings (SSSR count). The summed E-state index contributed by atoms with van der Waals surface area (Å²) in [5, 5.41) is 8.92. The average Bonchev–Trinajstić information content (AvgIpc) is 2.82. The van der Waals surface area contributed by atoms with Crippen molar-refractivity contribution in [2.75, 3.05) is 12.8 Å². The first-order valence-electron chi connectivity index (χ1n) is 6.03. The molecule has 0 bridgehead atoms. The normalized spacial score (nSPS) is 10.5. The van der Waals surface area contributed by atoms with E-state index in [1.165, 1.54) is 29.9 Å². The van der Waals surface area contributed by atoms with Crippen LogP contribution in [0.5, 0.6) is 5.88 Å². The van der Waals surface area contributed by atoms with Crippen LogP contribution >= 0.6 is 0 Å². The maximum absolute atomic E-state index is 13.4. The van der Waals surface area contributed by atoms with Gasteiger partial charge in [-0.25, -0.2) is 9.37 Å². The van der Waals surface area contributed by atoms with E-state index in [0.717, 1.165) is 0 Å². The van der Waals surface area contributed by atoms with E-state index in [2.05, 4.69) is 9.97 Å². The van der Waals surface area contributed by atoms with Crippen molar-refractivity contribution in [2.24, 2.45) is 0 Å². The number of rotatable bonds is 2. The number of hydrogen-bond donors (Lipinski definition) is 1. The van der Waals surface area contributed by atoms with Crippen molar-refractivity contribution in [1.29, 1.82) is 5.26 Å². The van der Waals surface area contributed by atoms with Gasteiger partial charge < -0.3 is 10.5 Å². The number of benzene rings is 1. The number of halogens is 1. The SMILES string of the molecule is COc1ccc2nc(N)n(-c3ccc(F)c(C#N)c3)c2n1. The number of fused-ring (bicyclic) bond motifs is 1. The Morgan fingerprint density at radius 1 is 1.29 bits per heavy atom. The molecule has 104 valence electrons. The molecule has 2 N–H and O–H groups in total. The molecule has 0 aliphatic rings. The molecule has 0 aliphatic carbocycles. The highest BCUT2D eigenvalue weighted by molar-refractivity contribution is 5.77. The number of imidazole rings is 1.